The van der Waals surface area contributed by atoms with Gasteiger partial charge in [-0.1, -0.05) is 12.1 Å². The van der Waals surface area contributed by atoms with Gasteiger partial charge in [0.15, 0.2) is 5.65 Å². The summed E-state index contributed by atoms with van der Waals surface area (Å²) in [5.41, 5.74) is 9.65. The van der Waals surface area contributed by atoms with Crippen molar-refractivity contribution in [2.45, 2.75) is 6.92 Å². The molecule has 0 radical (unpaired) electrons. The first kappa shape index (κ1) is 15.3. The van der Waals surface area contributed by atoms with Gasteiger partial charge in [0.05, 0.1) is 0 Å². The molecule has 1 aromatic carbocycles. The van der Waals surface area contributed by atoms with E-state index in [4.69, 9.17) is 10.5 Å². The third kappa shape index (κ3) is 3.27. The Labute approximate surface area is 135 Å². The van der Waals surface area contributed by atoms with Gasteiger partial charge in [0.25, 0.3) is 0 Å². The molecule has 120 valence electrons. The highest BCUT2D eigenvalue weighted by molar-refractivity contribution is 5.68. The molecule has 3 rings (SSSR count). The van der Waals surface area contributed by atoms with E-state index in [1.807, 2.05) is 45.3 Å². The van der Waals surface area contributed by atoms with Crippen molar-refractivity contribution in [3.8, 4) is 16.9 Å². The third-order valence-corrected chi connectivity index (χ3v) is 3.73. The van der Waals surface area contributed by atoms with Crippen LogP contribution < -0.4 is 10.5 Å². The Hall–Kier alpha value is -2.60. The van der Waals surface area contributed by atoms with Crippen LogP contribution in [0.25, 0.3) is 16.8 Å². The summed E-state index contributed by atoms with van der Waals surface area (Å²) in [6.07, 6.45) is 0. The monoisotopic (exact) mass is 311 g/mol. The Kier molecular flexibility index (Phi) is 4.16. The van der Waals surface area contributed by atoms with Crippen LogP contribution in [-0.2, 0) is 0 Å². The maximum Gasteiger partial charge on any atom is 0.240 e. The topological polar surface area (TPSA) is 68.7 Å². The predicted octanol–water partition coefficient (Wildman–Crippen LogP) is 2.23. The molecule has 0 atom stereocenters. The van der Waals surface area contributed by atoms with Gasteiger partial charge in [-0.2, -0.15) is 4.98 Å². The number of fused-ring (bicyclic) bond motifs is 1. The summed E-state index contributed by atoms with van der Waals surface area (Å²) in [5.74, 6) is 1.16. The number of pyridine rings is 1. The number of aryl methyl sites for hydroxylation is 1. The van der Waals surface area contributed by atoms with Crippen LogP contribution in [0.4, 0.5) is 5.95 Å². The number of anilines is 1. The van der Waals surface area contributed by atoms with Crippen LogP contribution in [0.2, 0.25) is 0 Å². The molecule has 0 saturated heterocycles. The number of nitrogen functional groups attached to an aromatic ring is 1. The zero-order valence-electron chi connectivity index (χ0n) is 13.7. The number of hydrogen-bond acceptors (Lipinski definition) is 5. The lowest BCUT2D eigenvalue weighted by Crippen LogP contribution is -2.19. The first-order valence-corrected chi connectivity index (χ1v) is 7.54. The lowest BCUT2D eigenvalue weighted by molar-refractivity contribution is 0.261. The zero-order valence-corrected chi connectivity index (χ0v) is 13.7. The second kappa shape index (κ2) is 6.26. The highest BCUT2D eigenvalue weighted by Crippen LogP contribution is 2.26. The Morgan fingerprint density at radius 2 is 1.87 bits per heavy atom. The molecule has 2 N–H and O–H groups in total. The normalized spacial score (nSPS) is 11.3. The average Bonchev–Trinajstić information content (AvgIpc) is 2.90. The number of rotatable bonds is 5. The summed E-state index contributed by atoms with van der Waals surface area (Å²) in [7, 11) is 4.06. The first-order chi connectivity index (χ1) is 11.0. The van der Waals surface area contributed by atoms with Crippen molar-refractivity contribution in [3.63, 3.8) is 0 Å². The fourth-order valence-electron chi connectivity index (χ4n) is 2.47. The highest BCUT2D eigenvalue weighted by atomic mass is 16.5. The standard InChI is InChI=1S/C17H21N5O/c1-12-15(8-9-16-19-17(18)20-22(12)16)13-4-6-14(7-5-13)23-11-10-21(2)3/h4-9H,10-11H2,1-3H3,(H2,18,20). The van der Waals surface area contributed by atoms with Gasteiger partial charge < -0.3 is 15.4 Å². The van der Waals surface area contributed by atoms with Gasteiger partial charge in [-0.25, -0.2) is 4.52 Å². The number of hydrogen-bond donors (Lipinski definition) is 1. The molecule has 23 heavy (non-hydrogen) atoms. The van der Waals surface area contributed by atoms with Crippen LogP contribution in [0.15, 0.2) is 36.4 Å². The Balaban J connectivity index is 1.83. The van der Waals surface area contributed by atoms with Crippen LogP contribution in [0, 0.1) is 6.92 Å². The van der Waals surface area contributed by atoms with Gasteiger partial charge in [-0.3, -0.25) is 0 Å². The first-order valence-electron chi connectivity index (χ1n) is 7.54. The van der Waals surface area contributed by atoms with Gasteiger partial charge in [-0.05, 0) is 50.8 Å². The van der Waals surface area contributed by atoms with Gasteiger partial charge in [0, 0.05) is 17.8 Å². The van der Waals surface area contributed by atoms with E-state index in [-0.39, 0.29) is 5.95 Å². The minimum atomic E-state index is 0.287. The fourth-order valence-corrected chi connectivity index (χ4v) is 2.47. The van der Waals surface area contributed by atoms with Crippen molar-refractivity contribution >= 4 is 11.6 Å². The second-order valence-corrected chi connectivity index (χ2v) is 5.75. The van der Waals surface area contributed by atoms with Crippen molar-refractivity contribution in [1.82, 2.24) is 19.5 Å². The maximum atomic E-state index is 5.73. The van der Waals surface area contributed by atoms with Crippen LogP contribution in [0.1, 0.15) is 5.69 Å². The lowest BCUT2D eigenvalue weighted by Gasteiger charge is -2.12. The molecular weight excluding hydrogens is 290 g/mol. The van der Waals surface area contributed by atoms with Crippen LogP contribution >= 0.6 is 0 Å². The summed E-state index contributed by atoms with van der Waals surface area (Å²) in [6.45, 7) is 3.58. The summed E-state index contributed by atoms with van der Waals surface area (Å²) in [4.78, 5) is 6.27. The molecule has 6 nitrogen and oxygen atoms in total. The molecule has 0 saturated carbocycles. The Morgan fingerprint density at radius 3 is 2.57 bits per heavy atom. The van der Waals surface area contributed by atoms with Gasteiger partial charge >= 0.3 is 0 Å². The number of likely N-dealkylation sites (N-methyl/N-ethyl adjacent to an activating group) is 1. The Bertz CT molecular complexity index is 808. The van der Waals surface area contributed by atoms with Gasteiger partial charge in [-0.15, -0.1) is 5.10 Å². The number of aromatic nitrogens is 3. The molecule has 0 bridgehead atoms. The third-order valence-electron chi connectivity index (χ3n) is 3.73. The van der Waals surface area contributed by atoms with Crippen LogP contribution in [0.5, 0.6) is 5.75 Å². The minimum absolute atomic E-state index is 0.287. The van der Waals surface area contributed by atoms with E-state index in [1.165, 1.54) is 0 Å². The van der Waals surface area contributed by atoms with Gasteiger partial charge in [0.1, 0.15) is 12.4 Å². The molecule has 0 amide bonds. The molecule has 0 aliphatic rings. The summed E-state index contributed by atoms with van der Waals surface area (Å²) >= 11 is 0. The molecule has 2 heterocycles. The van der Waals surface area contributed by atoms with Crippen molar-refractivity contribution in [3.05, 3.63) is 42.1 Å². The van der Waals surface area contributed by atoms with Crippen molar-refractivity contribution < 1.29 is 4.74 Å². The number of nitrogens with two attached hydrogens (primary N) is 1. The molecule has 0 aliphatic heterocycles. The Morgan fingerprint density at radius 1 is 1.13 bits per heavy atom. The van der Waals surface area contributed by atoms with Crippen molar-refractivity contribution in [2.75, 3.05) is 33.0 Å². The second-order valence-electron chi connectivity index (χ2n) is 5.75. The number of benzene rings is 1. The SMILES string of the molecule is Cc1c(-c2ccc(OCCN(C)C)cc2)ccc2nc(N)nn12. The maximum absolute atomic E-state index is 5.73. The van der Waals surface area contributed by atoms with E-state index < -0.39 is 0 Å². The van der Waals surface area contributed by atoms with E-state index in [9.17, 15) is 0 Å². The minimum Gasteiger partial charge on any atom is -0.492 e. The molecule has 0 spiro atoms. The molecular formula is C17H21N5O. The number of nitrogens with zero attached hydrogens (tertiary/aromatic N) is 4. The van der Waals surface area contributed by atoms with Crippen molar-refractivity contribution in [2.24, 2.45) is 0 Å². The smallest absolute Gasteiger partial charge is 0.240 e. The molecule has 2 aromatic heterocycles. The largest absolute Gasteiger partial charge is 0.492 e. The summed E-state index contributed by atoms with van der Waals surface area (Å²) in [5, 5.41) is 4.23. The van der Waals surface area contributed by atoms with Crippen LogP contribution in [0.3, 0.4) is 0 Å². The van der Waals surface area contributed by atoms with Crippen molar-refractivity contribution in [1.29, 1.82) is 0 Å². The van der Waals surface area contributed by atoms with E-state index >= 15 is 0 Å². The molecule has 6 heteroatoms. The van der Waals surface area contributed by atoms with E-state index in [2.05, 4.69) is 27.1 Å². The van der Waals surface area contributed by atoms with E-state index in [0.717, 1.165) is 34.8 Å². The highest BCUT2D eigenvalue weighted by Gasteiger charge is 2.09. The van der Waals surface area contributed by atoms with Gasteiger partial charge in [0.2, 0.25) is 5.95 Å². The zero-order chi connectivity index (χ0) is 16.4. The number of ether oxygens (including phenoxy) is 1. The molecule has 0 aliphatic carbocycles. The predicted molar refractivity (Wildman–Crippen MR) is 91.6 cm³/mol. The molecule has 0 fully saturated rings. The fraction of sp³-hybridized carbons (Fsp3) is 0.294. The molecule has 3 aromatic rings. The van der Waals surface area contributed by atoms with E-state index in [0.29, 0.717) is 6.61 Å². The average molecular weight is 311 g/mol. The van der Waals surface area contributed by atoms with E-state index in [1.54, 1.807) is 4.52 Å². The lowest BCUT2D eigenvalue weighted by atomic mass is 10.0. The molecule has 0 unspecified atom stereocenters. The summed E-state index contributed by atoms with van der Waals surface area (Å²) < 4.78 is 7.50. The van der Waals surface area contributed by atoms with Crippen LogP contribution in [-0.4, -0.2) is 46.7 Å². The summed E-state index contributed by atoms with van der Waals surface area (Å²) in [6, 6.07) is 12.1. The quantitative estimate of drug-likeness (QED) is 0.782.